The van der Waals surface area contributed by atoms with E-state index in [4.69, 9.17) is 0 Å². The fraction of sp³-hybridized carbons (Fsp3) is 0.615. The van der Waals surface area contributed by atoms with Gasteiger partial charge in [0, 0.05) is 18.7 Å². The van der Waals surface area contributed by atoms with Crippen LogP contribution in [0.4, 0.5) is 17.3 Å². The first-order valence-corrected chi connectivity index (χ1v) is 6.76. The predicted octanol–water partition coefficient (Wildman–Crippen LogP) is 3.02. The second-order valence-corrected chi connectivity index (χ2v) is 5.08. The number of nitrogens with one attached hydrogen (secondary N) is 2. The summed E-state index contributed by atoms with van der Waals surface area (Å²) in [7, 11) is 0. The first-order chi connectivity index (χ1) is 9.10. The second-order valence-electron chi connectivity index (χ2n) is 5.08. The lowest BCUT2D eigenvalue weighted by Gasteiger charge is -2.15. The Morgan fingerprint density at radius 3 is 2.84 bits per heavy atom. The SMILES string of the molecule is CCNc1ccc([N+](=O)[O-])c(NC(C)CC2CC2)n1. The number of nitrogens with zero attached hydrogens (tertiary/aromatic N) is 2. The zero-order chi connectivity index (χ0) is 13.8. The van der Waals surface area contributed by atoms with Gasteiger partial charge in [0.05, 0.1) is 4.92 Å². The van der Waals surface area contributed by atoms with E-state index in [1.165, 1.54) is 18.9 Å². The van der Waals surface area contributed by atoms with Crippen LogP contribution in [-0.2, 0) is 0 Å². The molecule has 2 rings (SSSR count). The lowest BCUT2D eigenvalue weighted by atomic mass is 10.1. The predicted molar refractivity (Wildman–Crippen MR) is 75.5 cm³/mol. The zero-order valence-corrected chi connectivity index (χ0v) is 11.3. The molecule has 1 aromatic rings. The summed E-state index contributed by atoms with van der Waals surface area (Å²) < 4.78 is 0. The summed E-state index contributed by atoms with van der Waals surface area (Å²) in [6.45, 7) is 4.75. The highest BCUT2D eigenvalue weighted by atomic mass is 16.6. The van der Waals surface area contributed by atoms with Gasteiger partial charge in [0.15, 0.2) is 0 Å². The Bertz CT molecular complexity index is 460. The molecule has 1 aliphatic rings. The average Bonchev–Trinajstić information content (AvgIpc) is 3.13. The molecule has 0 amide bonds. The molecule has 0 bridgehead atoms. The van der Waals surface area contributed by atoms with Crippen LogP contribution in [0.2, 0.25) is 0 Å². The third-order valence-electron chi connectivity index (χ3n) is 3.20. The van der Waals surface area contributed by atoms with Crippen LogP contribution in [0.15, 0.2) is 12.1 Å². The van der Waals surface area contributed by atoms with Gasteiger partial charge in [-0.05, 0) is 32.3 Å². The maximum absolute atomic E-state index is 11.0. The molecule has 2 N–H and O–H groups in total. The average molecular weight is 264 g/mol. The molecule has 0 saturated heterocycles. The summed E-state index contributed by atoms with van der Waals surface area (Å²) in [6.07, 6.45) is 3.60. The maximum Gasteiger partial charge on any atom is 0.311 e. The minimum atomic E-state index is -0.394. The Labute approximate surface area is 112 Å². The standard InChI is InChI=1S/C13H20N4O2/c1-3-14-12-7-6-11(17(18)19)13(16-12)15-9(2)8-10-4-5-10/h6-7,9-10H,3-5,8H2,1-2H3,(H2,14,15,16). The number of aromatic nitrogens is 1. The van der Waals surface area contributed by atoms with Gasteiger partial charge in [-0.15, -0.1) is 0 Å². The van der Waals surface area contributed by atoms with E-state index >= 15 is 0 Å². The van der Waals surface area contributed by atoms with Crippen molar-refractivity contribution in [3.05, 3.63) is 22.2 Å². The molecular weight excluding hydrogens is 244 g/mol. The Kier molecular flexibility index (Phi) is 4.19. The van der Waals surface area contributed by atoms with Crippen LogP contribution >= 0.6 is 0 Å². The summed E-state index contributed by atoms with van der Waals surface area (Å²) in [5, 5.41) is 17.2. The normalized spacial score (nSPS) is 15.9. The third kappa shape index (κ3) is 3.81. The summed E-state index contributed by atoms with van der Waals surface area (Å²) in [5.41, 5.74) is 0.0318. The summed E-state index contributed by atoms with van der Waals surface area (Å²) in [6, 6.07) is 3.34. The van der Waals surface area contributed by atoms with Crippen molar-refractivity contribution < 1.29 is 4.92 Å². The first kappa shape index (κ1) is 13.6. The Hall–Kier alpha value is -1.85. The van der Waals surface area contributed by atoms with Gasteiger partial charge in [-0.2, -0.15) is 0 Å². The Morgan fingerprint density at radius 2 is 2.26 bits per heavy atom. The van der Waals surface area contributed by atoms with Crippen LogP contribution in [0.25, 0.3) is 0 Å². The molecule has 19 heavy (non-hydrogen) atoms. The molecule has 1 aliphatic carbocycles. The highest BCUT2D eigenvalue weighted by Gasteiger charge is 2.25. The quantitative estimate of drug-likeness (QED) is 0.584. The van der Waals surface area contributed by atoms with E-state index in [2.05, 4.69) is 15.6 Å². The molecule has 0 spiro atoms. The Balaban J connectivity index is 2.13. The lowest BCUT2D eigenvalue weighted by Crippen LogP contribution is -2.18. The number of pyridine rings is 1. The third-order valence-corrected chi connectivity index (χ3v) is 3.20. The lowest BCUT2D eigenvalue weighted by molar-refractivity contribution is -0.384. The van der Waals surface area contributed by atoms with Crippen LogP contribution < -0.4 is 10.6 Å². The van der Waals surface area contributed by atoms with Crippen LogP contribution in [0.5, 0.6) is 0 Å². The minimum absolute atomic E-state index is 0.0318. The van der Waals surface area contributed by atoms with E-state index in [1.54, 1.807) is 6.07 Å². The van der Waals surface area contributed by atoms with Crippen LogP contribution in [0.3, 0.4) is 0 Å². The highest BCUT2D eigenvalue weighted by Crippen LogP contribution is 2.34. The van der Waals surface area contributed by atoms with Crippen molar-refractivity contribution in [2.45, 2.75) is 39.2 Å². The van der Waals surface area contributed by atoms with Crippen molar-refractivity contribution in [3.8, 4) is 0 Å². The van der Waals surface area contributed by atoms with E-state index in [0.29, 0.717) is 11.6 Å². The van der Waals surface area contributed by atoms with Gasteiger partial charge in [0.2, 0.25) is 5.82 Å². The molecule has 1 aromatic heterocycles. The van der Waals surface area contributed by atoms with Crippen molar-refractivity contribution >= 4 is 17.3 Å². The van der Waals surface area contributed by atoms with Crippen LogP contribution in [0, 0.1) is 16.0 Å². The van der Waals surface area contributed by atoms with E-state index in [0.717, 1.165) is 18.9 Å². The van der Waals surface area contributed by atoms with Gasteiger partial charge < -0.3 is 10.6 Å². The number of hydrogen-bond acceptors (Lipinski definition) is 5. The van der Waals surface area contributed by atoms with Crippen LogP contribution in [-0.4, -0.2) is 22.5 Å². The summed E-state index contributed by atoms with van der Waals surface area (Å²) in [5.74, 6) is 1.80. The zero-order valence-electron chi connectivity index (χ0n) is 11.3. The van der Waals surface area contributed by atoms with Gasteiger partial charge in [0.1, 0.15) is 5.82 Å². The monoisotopic (exact) mass is 264 g/mol. The molecule has 0 aromatic carbocycles. The summed E-state index contributed by atoms with van der Waals surface area (Å²) >= 11 is 0. The van der Waals surface area contributed by atoms with Crippen LogP contribution in [0.1, 0.15) is 33.1 Å². The second kappa shape index (κ2) is 5.86. The molecule has 1 fully saturated rings. The van der Waals surface area contributed by atoms with E-state index in [1.807, 2.05) is 13.8 Å². The van der Waals surface area contributed by atoms with E-state index in [-0.39, 0.29) is 11.7 Å². The molecule has 104 valence electrons. The van der Waals surface area contributed by atoms with Gasteiger partial charge in [-0.1, -0.05) is 12.8 Å². The van der Waals surface area contributed by atoms with Gasteiger partial charge in [-0.3, -0.25) is 10.1 Å². The van der Waals surface area contributed by atoms with Gasteiger partial charge in [0.25, 0.3) is 0 Å². The van der Waals surface area contributed by atoms with Gasteiger partial charge in [-0.25, -0.2) is 4.98 Å². The van der Waals surface area contributed by atoms with Crippen molar-refractivity contribution in [2.24, 2.45) is 5.92 Å². The fourth-order valence-corrected chi connectivity index (χ4v) is 2.13. The van der Waals surface area contributed by atoms with Crippen molar-refractivity contribution in [1.29, 1.82) is 0 Å². The number of nitro groups is 1. The topological polar surface area (TPSA) is 80.1 Å². The smallest absolute Gasteiger partial charge is 0.311 e. The molecule has 6 nitrogen and oxygen atoms in total. The molecule has 6 heteroatoms. The van der Waals surface area contributed by atoms with E-state index in [9.17, 15) is 10.1 Å². The number of anilines is 2. The molecule has 1 unspecified atom stereocenters. The minimum Gasteiger partial charge on any atom is -0.370 e. The maximum atomic E-state index is 11.0. The van der Waals surface area contributed by atoms with Crippen molar-refractivity contribution in [1.82, 2.24) is 4.98 Å². The number of rotatable bonds is 7. The molecule has 1 heterocycles. The van der Waals surface area contributed by atoms with E-state index < -0.39 is 4.92 Å². The van der Waals surface area contributed by atoms with Crippen molar-refractivity contribution in [3.63, 3.8) is 0 Å². The Morgan fingerprint density at radius 1 is 1.53 bits per heavy atom. The number of hydrogen-bond donors (Lipinski definition) is 2. The molecule has 1 saturated carbocycles. The largest absolute Gasteiger partial charge is 0.370 e. The molecule has 0 aliphatic heterocycles. The van der Waals surface area contributed by atoms with Gasteiger partial charge >= 0.3 is 5.69 Å². The highest BCUT2D eigenvalue weighted by molar-refractivity contribution is 5.60. The molecule has 0 radical (unpaired) electrons. The molecular formula is C13H20N4O2. The fourth-order valence-electron chi connectivity index (χ4n) is 2.13. The van der Waals surface area contributed by atoms with Crippen molar-refractivity contribution in [2.75, 3.05) is 17.2 Å². The summed E-state index contributed by atoms with van der Waals surface area (Å²) in [4.78, 5) is 14.9. The first-order valence-electron chi connectivity index (χ1n) is 6.76. The molecule has 1 atom stereocenters.